The van der Waals surface area contributed by atoms with Gasteiger partial charge in [0.25, 0.3) is 0 Å². The van der Waals surface area contributed by atoms with Gasteiger partial charge in [-0.3, -0.25) is 37.3 Å². The molecule has 0 bridgehead atoms. The van der Waals surface area contributed by atoms with E-state index in [1.165, 1.54) is 19.3 Å². The van der Waals surface area contributed by atoms with Crippen LogP contribution in [0.15, 0.2) is 219 Å². The number of phosphoric ester groups is 2. The molecule has 618 valence electrons. The molecule has 0 aromatic rings. The first-order valence-electron chi connectivity index (χ1n) is 41.0. The topological polar surface area (TPSA) is 237 Å². The normalized spacial score (nSPS) is 14.9. The molecule has 0 aromatic heterocycles. The Hall–Kier alpha value is -6.62. The van der Waals surface area contributed by atoms with Crippen LogP contribution in [0.2, 0.25) is 0 Å². The van der Waals surface area contributed by atoms with Crippen LogP contribution >= 0.6 is 15.6 Å². The van der Waals surface area contributed by atoms with Gasteiger partial charge in [-0.1, -0.05) is 285 Å². The van der Waals surface area contributed by atoms with Crippen molar-refractivity contribution in [2.24, 2.45) is 0 Å². The molecule has 0 aromatic carbocycles. The van der Waals surface area contributed by atoms with Crippen LogP contribution in [0.3, 0.4) is 0 Å². The minimum absolute atomic E-state index is 0.0105. The van der Waals surface area contributed by atoms with E-state index in [0.29, 0.717) is 44.9 Å². The van der Waals surface area contributed by atoms with Gasteiger partial charge in [0, 0.05) is 25.7 Å². The predicted molar refractivity (Wildman–Crippen MR) is 454 cm³/mol. The van der Waals surface area contributed by atoms with E-state index in [1.807, 2.05) is 30.4 Å². The van der Waals surface area contributed by atoms with Gasteiger partial charge >= 0.3 is 39.5 Å². The minimum Gasteiger partial charge on any atom is -0.462 e. The third-order valence-corrected chi connectivity index (χ3v) is 17.8. The fourth-order valence-electron chi connectivity index (χ4n) is 9.81. The molecule has 0 heterocycles. The van der Waals surface area contributed by atoms with Gasteiger partial charge in [-0.2, -0.15) is 0 Å². The van der Waals surface area contributed by atoms with Crippen molar-refractivity contribution in [2.75, 3.05) is 39.6 Å². The lowest BCUT2D eigenvalue weighted by Gasteiger charge is -2.21. The van der Waals surface area contributed by atoms with Gasteiger partial charge < -0.3 is 33.8 Å². The van der Waals surface area contributed by atoms with Crippen molar-refractivity contribution in [1.82, 2.24) is 0 Å². The lowest BCUT2D eigenvalue weighted by atomic mass is 10.1. The van der Waals surface area contributed by atoms with Gasteiger partial charge in [0.2, 0.25) is 0 Å². The van der Waals surface area contributed by atoms with E-state index in [1.54, 1.807) is 0 Å². The van der Waals surface area contributed by atoms with E-state index >= 15 is 0 Å². The Balaban J connectivity index is 5.56. The molecule has 0 aliphatic carbocycles. The quantitative estimate of drug-likeness (QED) is 0.0169. The molecular formula is C91H142O17P2. The zero-order chi connectivity index (χ0) is 80.3. The van der Waals surface area contributed by atoms with Gasteiger partial charge in [-0.05, 0) is 180 Å². The second-order valence-corrected chi connectivity index (χ2v) is 29.1. The summed E-state index contributed by atoms with van der Waals surface area (Å²) in [7, 11) is -10.0. The first-order valence-corrected chi connectivity index (χ1v) is 44.0. The van der Waals surface area contributed by atoms with Gasteiger partial charge in [0.15, 0.2) is 12.2 Å². The monoisotopic (exact) mass is 1570 g/mol. The number of esters is 4. The van der Waals surface area contributed by atoms with Crippen molar-refractivity contribution in [3.8, 4) is 0 Å². The first kappa shape index (κ1) is 103. The molecule has 0 rings (SSSR count). The van der Waals surface area contributed by atoms with Crippen LogP contribution in [-0.2, 0) is 65.4 Å². The molecule has 19 heteroatoms. The average Bonchev–Trinajstić information content (AvgIpc) is 0.906. The summed E-state index contributed by atoms with van der Waals surface area (Å²) in [4.78, 5) is 73.1. The van der Waals surface area contributed by atoms with Crippen molar-refractivity contribution in [1.29, 1.82) is 0 Å². The zero-order valence-electron chi connectivity index (χ0n) is 67.6. The maximum atomic E-state index is 13.1. The molecule has 0 radical (unpaired) electrons. The van der Waals surface area contributed by atoms with Gasteiger partial charge in [0.1, 0.15) is 19.3 Å². The number of unbranched alkanes of at least 4 members (excludes halogenated alkanes) is 12. The highest BCUT2D eigenvalue weighted by molar-refractivity contribution is 7.47. The van der Waals surface area contributed by atoms with Gasteiger partial charge in [-0.25, -0.2) is 9.13 Å². The van der Waals surface area contributed by atoms with E-state index in [4.69, 9.17) is 37.0 Å². The van der Waals surface area contributed by atoms with E-state index in [-0.39, 0.29) is 25.7 Å². The van der Waals surface area contributed by atoms with E-state index in [9.17, 15) is 43.2 Å². The van der Waals surface area contributed by atoms with Crippen molar-refractivity contribution in [3.05, 3.63) is 219 Å². The van der Waals surface area contributed by atoms with Gasteiger partial charge in [0.05, 0.1) is 26.4 Å². The largest absolute Gasteiger partial charge is 0.472 e. The maximum absolute atomic E-state index is 13.1. The SMILES string of the molecule is CC/C=C\C/C=C\C/C=C\C/C=C\C/C=C\C/C=C\CCC(=O)OCC(COP(=O)(O)OCC(O)COP(=O)(O)OCC(COC(=O)CCCCCCCC/C=C\C/C=C\C/C=C\CCCCC)OC(=O)CCCC/C=C\C/C=C\C/C=C\C/C=C\CC)OC(=O)CCC/C=C\C/C=C\C/C=C\C/C=C\C/C=C\CC. The standard InChI is InChI=1S/C91H142O17P2/c1-5-9-13-17-21-25-29-33-37-40-42-45-48-51-55-59-63-67-71-75-88(93)101-81-86(107-90(95)77-73-69-65-61-57-53-47-36-32-28-24-20-16-12-8-4)83-105-109(97,98)103-79-85(92)80-104-110(99,100)106-84-87(108-91(96)78-74-70-66-62-58-54-50-44-39-35-31-27-23-19-15-11-7-3)82-102-89(94)76-72-68-64-60-56-52-49-46-43-41-38-34-30-26-22-18-14-10-6-2/h10-12,14-16,21-28,33-39,42-43,45-47,50,52,54,56-57,61-62,64,66,68,85-87,92H,5-9,13,17-20,29-32,40-41,44,48-49,51,53,55,58-60,63,65,67,69-84H2,1-4H3,(H,97,98)(H,99,100)/b14-10-,15-11-,16-12-,25-21-,26-22-,27-23-,28-24-,37-33-,38-34-,39-35-,45-42-,46-43-,47-36-,54-50-,56-52-,61-57-,66-62-,68-64-. The van der Waals surface area contributed by atoms with E-state index < -0.39 is 97.5 Å². The fourth-order valence-corrected chi connectivity index (χ4v) is 11.4. The number of allylic oxidation sites excluding steroid dienone is 36. The number of ether oxygens (including phenoxy) is 4. The number of phosphoric acid groups is 2. The summed E-state index contributed by atoms with van der Waals surface area (Å²) in [6.07, 6.45) is 102. The Bertz CT molecular complexity index is 2950. The summed E-state index contributed by atoms with van der Waals surface area (Å²) in [5.41, 5.74) is 0. The Morgan fingerprint density at radius 3 is 0.836 bits per heavy atom. The van der Waals surface area contributed by atoms with Gasteiger partial charge in [-0.15, -0.1) is 0 Å². The van der Waals surface area contributed by atoms with Crippen LogP contribution in [-0.4, -0.2) is 96.7 Å². The molecule has 0 aliphatic heterocycles. The smallest absolute Gasteiger partial charge is 0.462 e. The highest BCUT2D eigenvalue weighted by Gasteiger charge is 2.30. The van der Waals surface area contributed by atoms with Crippen molar-refractivity contribution < 1.29 is 80.2 Å². The van der Waals surface area contributed by atoms with E-state index in [0.717, 1.165) is 154 Å². The minimum atomic E-state index is -5.03. The number of aliphatic hydroxyl groups is 1. The number of rotatable bonds is 74. The summed E-state index contributed by atoms with van der Waals surface area (Å²) < 4.78 is 68.5. The second-order valence-electron chi connectivity index (χ2n) is 26.2. The molecule has 3 N–H and O–H groups in total. The van der Waals surface area contributed by atoms with Crippen LogP contribution in [0.4, 0.5) is 0 Å². The number of carbonyl (C=O) groups excluding carboxylic acids is 4. The molecule has 110 heavy (non-hydrogen) atoms. The van der Waals surface area contributed by atoms with Crippen LogP contribution in [0.1, 0.15) is 272 Å². The lowest BCUT2D eigenvalue weighted by Crippen LogP contribution is -2.30. The average molecular weight is 1570 g/mol. The summed E-state index contributed by atoms with van der Waals surface area (Å²) in [6.45, 7) is 4.25. The predicted octanol–water partition coefficient (Wildman–Crippen LogP) is 24.4. The number of hydrogen-bond donors (Lipinski definition) is 3. The first-order chi connectivity index (χ1) is 53.7. The zero-order valence-corrected chi connectivity index (χ0v) is 69.4. The molecule has 0 fully saturated rings. The molecule has 0 saturated heterocycles. The molecular weight excluding hydrogens is 1430 g/mol. The molecule has 5 unspecified atom stereocenters. The highest BCUT2D eigenvalue weighted by atomic mass is 31.2. The second kappa shape index (κ2) is 80.4. The third kappa shape index (κ3) is 79.5. The molecule has 0 amide bonds. The lowest BCUT2D eigenvalue weighted by molar-refractivity contribution is -0.161. The van der Waals surface area contributed by atoms with Crippen LogP contribution in [0.25, 0.3) is 0 Å². The van der Waals surface area contributed by atoms with Crippen molar-refractivity contribution >= 4 is 39.5 Å². The van der Waals surface area contributed by atoms with Crippen molar-refractivity contribution in [2.45, 2.75) is 290 Å². The fraction of sp³-hybridized carbons (Fsp3) is 0.560. The molecule has 0 saturated carbocycles. The van der Waals surface area contributed by atoms with Crippen molar-refractivity contribution in [3.63, 3.8) is 0 Å². The summed E-state index contributed by atoms with van der Waals surface area (Å²) >= 11 is 0. The molecule has 17 nitrogen and oxygen atoms in total. The number of aliphatic hydroxyl groups excluding tert-OH is 1. The molecule has 0 aliphatic rings. The van der Waals surface area contributed by atoms with Crippen LogP contribution in [0.5, 0.6) is 0 Å². The Morgan fingerprint density at radius 1 is 0.264 bits per heavy atom. The number of carbonyl (C=O) groups is 4. The summed E-state index contributed by atoms with van der Waals surface area (Å²) in [5, 5.41) is 10.7. The number of hydrogen-bond acceptors (Lipinski definition) is 15. The summed E-state index contributed by atoms with van der Waals surface area (Å²) in [5.74, 6) is -2.43. The summed E-state index contributed by atoms with van der Waals surface area (Å²) in [6, 6.07) is 0. The Kier molecular flexibility index (Phi) is 75.6. The van der Waals surface area contributed by atoms with Crippen LogP contribution in [0, 0.1) is 0 Å². The van der Waals surface area contributed by atoms with E-state index in [2.05, 4.69) is 216 Å². The Morgan fingerprint density at radius 2 is 0.500 bits per heavy atom. The van der Waals surface area contributed by atoms with Crippen LogP contribution < -0.4 is 0 Å². The highest BCUT2D eigenvalue weighted by Crippen LogP contribution is 2.45. The third-order valence-electron chi connectivity index (χ3n) is 15.9. The molecule has 0 spiro atoms. The Labute approximate surface area is 664 Å². The molecule has 5 atom stereocenters. The maximum Gasteiger partial charge on any atom is 0.472 e.